The Balaban J connectivity index is 1.85. The molecule has 0 saturated carbocycles. The number of rotatable bonds is 10. The first-order chi connectivity index (χ1) is 17.1. The molecule has 2 amide bonds. The van der Waals surface area contributed by atoms with Crippen molar-refractivity contribution in [2.45, 2.75) is 19.5 Å². The minimum absolute atomic E-state index is 0.0788. The lowest BCUT2D eigenvalue weighted by atomic mass is 10.1. The van der Waals surface area contributed by atoms with Crippen LogP contribution in [0.5, 0.6) is 11.5 Å². The van der Waals surface area contributed by atoms with Gasteiger partial charge in [0.15, 0.2) is 0 Å². The minimum Gasteiger partial charge on any atom is -0.457 e. The number of para-hydroxylation sites is 1. The zero-order valence-electron chi connectivity index (χ0n) is 20.2. The van der Waals surface area contributed by atoms with Gasteiger partial charge in [-0.15, -0.1) is 0 Å². The van der Waals surface area contributed by atoms with Crippen molar-refractivity contribution in [3.8, 4) is 11.5 Å². The second-order valence-corrected chi connectivity index (χ2v) is 10.5. The number of hydrogen-bond acceptors (Lipinski definition) is 5. The van der Waals surface area contributed by atoms with Gasteiger partial charge in [-0.2, -0.15) is 0 Å². The van der Waals surface area contributed by atoms with Crippen molar-refractivity contribution in [1.29, 1.82) is 0 Å². The molecule has 3 aromatic rings. The average Bonchev–Trinajstić information content (AvgIpc) is 2.85. The Morgan fingerprint density at radius 1 is 0.972 bits per heavy atom. The number of benzene rings is 3. The minimum atomic E-state index is -3.83. The molecule has 0 heterocycles. The third-order valence-electron chi connectivity index (χ3n) is 5.44. The first-order valence-electron chi connectivity index (χ1n) is 11.1. The summed E-state index contributed by atoms with van der Waals surface area (Å²) in [6, 6.07) is 21.6. The topological polar surface area (TPSA) is 96.0 Å². The Morgan fingerprint density at radius 2 is 1.61 bits per heavy atom. The van der Waals surface area contributed by atoms with Gasteiger partial charge in [0.05, 0.1) is 11.9 Å². The lowest BCUT2D eigenvalue weighted by Gasteiger charge is -2.31. The van der Waals surface area contributed by atoms with Gasteiger partial charge < -0.3 is 15.0 Å². The van der Waals surface area contributed by atoms with E-state index < -0.39 is 28.5 Å². The molecule has 1 atom stereocenters. The third-order valence-corrected chi connectivity index (χ3v) is 6.81. The molecular formula is C26H28ClN3O5S. The molecule has 0 aliphatic heterocycles. The first-order valence-corrected chi connectivity index (χ1v) is 13.4. The van der Waals surface area contributed by atoms with Gasteiger partial charge in [-0.25, -0.2) is 8.42 Å². The standard InChI is InChI=1S/C26H28ClN3O5S/c1-19(26(32)28-2)29(17-20-8-7-9-21(27)16-20)25(31)18-30(36(3,33)34)22-12-14-24(15-13-22)35-23-10-5-4-6-11-23/h4-16,19H,17-18H2,1-3H3,(H,28,32). The summed E-state index contributed by atoms with van der Waals surface area (Å²) < 4.78 is 32.1. The van der Waals surface area contributed by atoms with Crippen LogP contribution >= 0.6 is 11.6 Å². The van der Waals surface area contributed by atoms with Crippen LogP contribution in [0.1, 0.15) is 12.5 Å². The van der Waals surface area contributed by atoms with Gasteiger partial charge in [-0.3, -0.25) is 13.9 Å². The lowest BCUT2D eigenvalue weighted by molar-refractivity contribution is -0.139. The average molecular weight is 530 g/mol. The largest absolute Gasteiger partial charge is 0.457 e. The second-order valence-electron chi connectivity index (χ2n) is 8.12. The Bertz CT molecular complexity index is 1300. The molecule has 0 fully saturated rings. The van der Waals surface area contributed by atoms with E-state index in [0.717, 1.165) is 10.6 Å². The summed E-state index contributed by atoms with van der Waals surface area (Å²) in [5, 5.41) is 3.02. The van der Waals surface area contributed by atoms with E-state index >= 15 is 0 Å². The molecule has 0 radical (unpaired) electrons. The van der Waals surface area contributed by atoms with E-state index in [0.29, 0.717) is 27.8 Å². The number of hydrogen-bond donors (Lipinski definition) is 1. The van der Waals surface area contributed by atoms with Crippen LogP contribution in [0, 0.1) is 0 Å². The normalized spacial score (nSPS) is 11.9. The number of sulfonamides is 1. The molecule has 190 valence electrons. The van der Waals surface area contributed by atoms with E-state index in [-0.39, 0.29) is 12.5 Å². The summed E-state index contributed by atoms with van der Waals surface area (Å²) >= 11 is 6.08. The lowest BCUT2D eigenvalue weighted by Crippen LogP contribution is -2.50. The van der Waals surface area contributed by atoms with E-state index in [9.17, 15) is 18.0 Å². The second kappa shape index (κ2) is 11.9. The fourth-order valence-corrected chi connectivity index (χ4v) is 4.60. The number of ether oxygens (including phenoxy) is 1. The molecule has 1 unspecified atom stereocenters. The number of nitrogens with zero attached hydrogens (tertiary/aromatic N) is 2. The third kappa shape index (κ3) is 7.22. The maximum Gasteiger partial charge on any atom is 0.244 e. The highest BCUT2D eigenvalue weighted by Crippen LogP contribution is 2.26. The zero-order chi connectivity index (χ0) is 26.3. The number of carbonyl (C=O) groups is 2. The van der Waals surface area contributed by atoms with Crippen molar-refractivity contribution in [2.75, 3.05) is 24.2 Å². The summed E-state index contributed by atoms with van der Waals surface area (Å²) in [6.45, 7) is 1.18. The fourth-order valence-electron chi connectivity index (χ4n) is 3.54. The molecule has 0 aromatic heterocycles. The van der Waals surface area contributed by atoms with E-state index in [4.69, 9.17) is 16.3 Å². The monoisotopic (exact) mass is 529 g/mol. The van der Waals surface area contributed by atoms with Crippen molar-refractivity contribution in [1.82, 2.24) is 10.2 Å². The van der Waals surface area contributed by atoms with Crippen LogP contribution in [0.25, 0.3) is 0 Å². The predicted molar refractivity (Wildman–Crippen MR) is 141 cm³/mol. The first kappa shape index (κ1) is 27.0. The van der Waals surface area contributed by atoms with Crippen LogP contribution in [0.3, 0.4) is 0 Å². The summed E-state index contributed by atoms with van der Waals surface area (Å²) in [6.07, 6.45) is 1.03. The Labute approximate surface area is 216 Å². The van der Waals surface area contributed by atoms with Crippen LogP contribution in [-0.2, 0) is 26.2 Å². The number of likely N-dealkylation sites (N-methyl/N-ethyl adjacent to an activating group) is 1. The van der Waals surface area contributed by atoms with E-state index in [1.54, 1.807) is 67.6 Å². The van der Waals surface area contributed by atoms with E-state index in [2.05, 4.69) is 5.32 Å². The highest BCUT2D eigenvalue weighted by Gasteiger charge is 2.29. The molecule has 3 rings (SSSR count). The molecule has 8 nitrogen and oxygen atoms in total. The predicted octanol–water partition coefficient (Wildman–Crippen LogP) is 4.06. The maximum absolute atomic E-state index is 13.4. The Morgan fingerprint density at radius 3 is 2.19 bits per heavy atom. The van der Waals surface area contributed by atoms with E-state index in [1.807, 2.05) is 18.2 Å². The van der Waals surface area contributed by atoms with Crippen LogP contribution in [-0.4, -0.2) is 51.0 Å². The van der Waals surface area contributed by atoms with Crippen LogP contribution < -0.4 is 14.4 Å². The highest BCUT2D eigenvalue weighted by atomic mass is 35.5. The highest BCUT2D eigenvalue weighted by molar-refractivity contribution is 7.92. The SMILES string of the molecule is CNC(=O)C(C)N(Cc1cccc(Cl)c1)C(=O)CN(c1ccc(Oc2ccccc2)cc1)S(C)(=O)=O. The summed E-state index contributed by atoms with van der Waals surface area (Å²) in [4.78, 5) is 27.1. The Kier molecular flexibility index (Phi) is 8.95. The fraction of sp³-hybridized carbons (Fsp3) is 0.231. The van der Waals surface area contributed by atoms with Crippen molar-refractivity contribution >= 4 is 39.1 Å². The van der Waals surface area contributed by atoms with Crippen molar-refractivity contribution in [2.24, 2.45) is 0 Å². The van der Waals surface area contributed by atoms with Gasteiger partial charge in [0.1, 0.15) is 24.1 Å². The number of nitrogens with one attached hydrogen (secondary N) is 1. The molecule has 0 aliphatic carbocycles. The number of amides is 2. The van der Waals surface area contributed by atoms with Gasteiger partial charge in [0.2, 0.25) is 21.8 Å². The van der Waals surface area contributed by atoms with Gasteiger partial charge in [-0.05, 0) is 61.0 Å². The molecule has 0 bridgehead atoms. The van der Waals surface area contributed by atoms with Gasteiger partial charge in [0, 0.05) is 18.6 Å². The van der Waals surface area contributed by atoms with Crippen molar-refractivity contribution in [3.05, 3.63) is 89.4 Å². The van der Waals surface area contributed by atoms with E-state index in [1.165, 1.54) is 11.9 Å². The molecule has 3 aromatic carbocycles. The summed E-state index contributed by atoms with van der Waals surface area (Å²) in [7, 11) is -2.35. The van der Waals surface area contributed by atoms with Crippen molar-refractivity contribution < 1.29 is 22.7 Å². The Hall–Kier alpha value is -3.56. The van der Waals surface area contributed by atoms with Crippen LogP contribution in [0.15, 0.2) is 78.9 Å². The number of anilines is 1. The van der Waals surface area contributed by atoms with Gasteiger partial charge >= 0.3 is 0 Å². The smallest absolute Gasteiger partial charge is 0.244 e. The van der Waals surface area contributed by atoms with Gasteiger partial charge in [-0.1, -0.05) is 41.9 Å². The summed E-state index contributed by atoms with van der Waals surface area (Å²) in [5.74, 6) is 0.237. The van der Waals surface area contributed by atoms with Crippen molar-refractivity contribution in [3.63, 3.8) is 0 Å². The summed E-state index contributed by atoms with van der Waals surface area (Å²) in [5.41, 5.74) is 1.00. The zero-order valence-corrected chi connectivity index (χ0v) is 21.8. The quantitative estimate of drug-likeness (QED) is 0.427. The molecular weight excluding hydrogens is 502 g/mol. The number of halogens is 1. The molecule has 0 aliphatic rings. The van der Waals surface area contributed by atoms with Gasteiger partial charge in [0.25, 0.3) is 0 Å². The van der Waals surface area contributed by atoms with Crippen LogP contribution in [0.2, 0.25) is 5.02 Å². The maximum atomic E-state index is 13.4. The molecule has 0 saturated heterocycles. The molecule has 10 heteroatoms. The molecule has 36 heavy (non-hydrogen) atoms. The molecule has 0 spiro atoms. The number of carbonyl (C=O) groups excluding carboxylic acids is 2. The van der Waals surface area contributed by atoms with Crippen LogP contribution in [0.4, 0.5) is 5.69 Å². The molecule has 1 N–H and O–H groups in total.